The monoisotopic (exact) mass is 284 g/mol. The molecule has 0 radical (unpaired) electrons. The van der Waals surface area contributed by atoms with Gasteiger partial charge in [-0.05, 0) is 20.8 Å². The van der Waals surface area contributed by atoms with Gasteiger partial charge in [0.2, 0.25) is 0 Å². The third kappa shape index (κ3) is 5.64. The molecular formula is C12H23F3N2O2. The smallest absolute Gasteiger partial charge is 0.389 e. The summed E-state index contributed by atoms with van der Waals surface area (Å²) in [5.41, 5.74) is -0.818. The number of nitrogens with zero attached hydrogens (tertiary/aromatic N) is 2. The Labute approximate surface area is 111 Å². The van der Waals surface area contributed by atoms with Crippen LogP contribution in [0.4, 0.5) is 13.2 Å². The lowest BCUT2D eigenvalue weighted by Crippen LogP contribution is -2.57. The fourth-order valence-corrected chi connectivity index (χ4v) is 2.32. The highest BCUT2D eigenvalue weighted by molar-refractivity contribution is 4.84. The Bertz CT molecular complexity index is 292. The Balaban J connectivity index is 2.46. The molecule has 0 unspecified atom stereocenters. The van der Waals surface area contributed by atoms with Gasteiger partial charge >= 0.3 is 6.18 Å². The molecule has 4 nitrogen and oxygen atoms in total. The molecule has 7 heteroatoms. The van der Waals surface area contributed by atoms with E-state index in [9.17, 15) is 18.3 Å². The molecule has 1 heterocycles. The van der Waals surface area contributed by atoms with E-state index in [0.29, 0.717) is 26.2 Å². The minimum Gasteiger partial charge on any atom is -0.389 e. The van der Waals surface area contributed by atoms with Crippen LogP contribution in [0.5, 0.6) is 0 Å². The second kappa shape index (κ2) is 5.95. The summed E-state index contributed by atoms with van der Waals surface area (Å²) in [6, 6.07) is 0.0561. The van der Waals surface area contributed by atoms with Crippen molar-refractivity contribution in [3.8, 4) is 0 Å². The molecule has 2 N–H and O–H groups in total. The molecule has 19 heavy (non-hydrogen) atoms. The highest BCUT2D eigenvalue weighted by Gasteiger charge is 2.40. The molecule has 0 spiro atoms. The molecule has 1 rings (SSSR count). The van der Waals surface area contributed by atoms with E-state index in [-0.39, 0.29) is 12.6 Å². The molecule has 2 atom stereocenters. The van der Waals surface area contributed by atoms with Crippen LogP contribution in [0.25, 0.3) is 0 Å². The number of aliphatic hydroxyl groups excluding tert-OH is 1. The number of β-amino-alcohol motifs (C(OH)–C–C–N with tert-alkyl or cyclic N) is 2. The van der Waals surface area contributed by atoms with Crippen molar-refractivity contribution < 1.29 is 23.4 Å². The van der Waals surface area contributed by atoms with Crippen LogP contribution in [0.3, 0.4) is 0 Å². The fraction of sp³-hybridized carbons (Fsp3) is 1.00. The van der Waals surface area contributed by atoms with Crippen molar-refractivity contribution in [2.75, 3.05) is 32.7 Å². The van der Waals surface area contributed by atoms with Crippen molar-refractivity contribution in [2.24, 2.45) is 0 Å². The summed E-state index contributed by atoms with van der Waals surface area (Å²) in [6.45, 7) is 6.96. The topological polar surface area (TPSA) is 46.9 Å². The van der Waals surface area contributed by atoms with Crippen LogP contribution in [0.15, 0.2) is 0 Å². The summed E-state index contributed by atoms with van der Waals surface area (Å²) < 4.78 is 36.8. The number of rotatable bonds is 4. The predicted molar refractivity (Wildman–Crippen MR) is 65.8 cm³/mol. The highest BCUT2D eigenvalue weighted by Crippen LogP contribution is 2.22. The zero-order chi connectivity index (χ0) is 14.8. The first-order chi connectivity index (χ1) is 8.49. The number of halogens is 3. The molecule has 0 aromatic carbocycles. The van der Waals surface area contributed by atoms with Crippen molar-refractivity contribution in [1.82, 2.24) is 9.80 Å². The molecule has 1 aliphatic rings. The second-order valence-electron chi connectivity index (χ2n) is 5.95. The lowest BCUT2D eigenvalue weighted by Gasteiger charge is -2.42. The Morgan fingerprint density at radius 1 is 1.26 bits per heavy atom. The van der Waals surface area contributed by atoms with Gasteiger partial charge in [-0.25, -0.2) is 0 Å². The van der Waals surface area contributed by atoms with Crippen molar-refractivity contribution in [1.29, 1.82) is 0 Å². The van der Waals surface area contributed by atoms with E-state index in [4.69, 9.17) is 5.11 Å². The van der Waals surface area contributed by atoms with E-state index in [1.807, 2.05) is 6.92 Å². The molecule has 1 fully saturated rings. The predicted octanol–water partition coefficient (Wildman–Crippen LogP) is 0.687. The van der Waals surface area contributed by atoms with Crippen LogP contribution >= 0.6 is 0 Å². The maximum absolute atomic E-state index is 12.3. The fourth-order valence-electron chi connectivity index (χ4n) is 2.32. The number of piperazine rings is 1. The summed E-state index contributed by atoms with van der Waals surface area (Å²) in [6.07, 6.45) is -6.85. The SMILES string of the molecule is C[C@@H]1CN(C[C@@H](O)C(F)(F)F)CCN1CC(C)(C)O. The minimum atomic E-state index is -4.56. The first-order valence-corrected chi connectivity index (χ1v) is 6.42. The molecule has 0 amide bonds. The van der Waals surface area contributed by atoms with Crippen molar-refractivity contribution in [2.45, 2.75) is 44.7 Å². The van der Waals surface area contributed by atoms with Gasteiger partial charge in [0.05, 0.1) is 5.60 Å². The Kier molecular flexibility index (Phi) is 5.22. The Morgan fingerprint density at radius 3 is 2.26 bits per heavy atom. The standard InChI is InChI=1S/C12H23F3N2O2/c1-9-6-16(7-10(18)12(13,14)15)4-5-17(9)8-11(2,3)19/h9-10,18-19H,4-8H2,1-3H3/t9-,10-/m1/s1. The van der Waals surface area contributed by atoms with Gasteiger partial charge < -0.3 is 10.2 Å². The van der Waals surface area contributed by atoms with Gasteiger partial charge in [0.25, 0.3) is 0 Å². The molecule has 0 aliphatic carbocycles. The maximum Gasteiger partial charge on any atom is 0.415 e. The van der Waals surface area contributed by atoms with Gasteiger partial charge in [0.1, 0.15) is 0 Å². The lowest BCUT2D eigenvalue weighted by molar-refractivity contribution is -0.209. The van der Waals surface area contributed by atoms with Gasteiger partial charge in [-0.1, -0.05) is 0 Å². The lowest BCUT2D eigenvalue weighted by atomic mass is 10.1. The molecule has 0 bridgehead atoms. The normalized spacial score (nSPS) is 25.6. The third-order valence-corrected chi connectivity index (χ3v) is 3.25. The van der Waals surface area contributed by atoms with Gasteiger partial charge in [0.15, 0.2) is 6.10 Å². The van der Waals surface area contributed by atoms with Gasteiger partial charge in [-0.2, -0.15) is 13.2 Å². The molecule has 0 aromatic rings. The van der Waals surface area contributed by atoms with E-state index in [1.165, 1.54) is 0 Å². The van der Waals surface area contributed by atoms with Crippen LogP contribution in [0.1, 0.15) is 20.8 Å². The number of aliphatic hydroxyl groups is 2. The van der Waals surface area contributed by atoms with Crippen LogP contribution < -0.4 is 0 Å². The quantitative estimate of drug-likeness (QED) is 0.797. The molecule has 1 aliphatic heterocycles. The number of hydrogen-bond acceptors (Lipinski definition) is 4. The zero-order valence-corrected chi connectivity index (χ0v) is 11.6. The van der Waals surface area contributed by atoms with Crippen LogP contribution in [0.2, 0.25) is 0 Å². The van der Waals surface area contributed by atoms with Crippen LogP contribution in [0, 0.1) is 0 Å². The highest BCUT2D eigenvalue weighted by atomic mass is 19.4. The molecule has 0 aromatic heterocycles. The molecule has 114 valence electrons. The first-order valence-electron chi connectivity index (χ1n) is 6.42. The summed E-state index contributed by atoms with van der Waals surface area (Å²) in [5.74, 6) is 0. The average Bonchev–Trinajstić information content (AvgIpc) is 2.19. The number of hydrogen-bond donors (Lipinski definition) is 2. The first kappa shape index (κ1) is 16.7. The maximum atomic E-state index is 12.3. The van der Waals surface area contributed by atoms with Crippen LogP contribution in [-0.4, -0.2) is 76.7 Å². The minimum absolute atomic E-state index is 0.0561. The van der Waals surface area contributed by atoms with E-state index >= 15 is 0 Å². The van der Waals surface area contributed by atoms with Crippen molar-refractivity contribution in [3.05, 3.63) is 0 Å². The van der Waals surface area contributed by atoms with E-state index in [0.717, 1.165) is 0 Å². The van der Waals surface area contributed by atoms with Gasteiger partial charge in [-0.3, -0.25) is 9.80 Å². The summed E-state index contributed by atoms with van der Waals surface area (Å²) in [4.78, 5) is 3.67. The van der Waals surface area contributed by atoms with Gasteiger partial charge in [0, 0.05) is 38.8 Å². The second-order valence-corrected chi connectivity index (χ2v) is 5.95. The Hall–Kier alpha value is -0.370. The van der Waals surface area contributed by atoms with Gasteiger partial charge in [-0.15, -0.1) is 0 Å². The molecule has 1 saturated heterocycles. The van der Waals surface area contributed by atoms with E-state index in [1.54, 1.807) is 18.7 Å². The third-order valence-electron chi connectivity index (χ3n) is 3.25. The zero-order valence-electron chi connectivity index (χ0n) is 11.6. The average molecular weight is 284 g/mol. The summed E-state index contributed by atoms with van der Waals surface area (Å²) in [7, 11) is 0. The Morgan fingerprint density at radius 2 is 1.84 bits per heavy atom. The largest absolute Gasteiger partial charge is 0.415 e. The molecule has 0 saturated carbocycles. The van der Waals surface area contributed by atoms with E-state index < -0.39 is 17.9 Å². The van der Waals surface area contributed by atoms with Crippen LogP contribution in [-0.2, 0) is 0 Å². The molecular weight excluding hydrogens is 261 g/mol. The van der Waals surface area contributed by atoms with E-state index in [2.05, 4.69) is 4.90 Å². The van der Waals surface area contributed by atoms with Crippen molar-refractivity contribution in [3.63, 3.8) is 0 Å². The van der Waals surface area contributed by atoms with Crippen molar-refractivity contribution >= 4 is 0 Å². The summed E-state index contributed by atoms with van der Waals surface area (Å²) >= 11 is 0. The number of alkyl halides is 3. The summed E-state index contributed by atoms with van der Waals surface area (Å²) in [5, 5.41) is 18.8.